The summed E-state index contributed by atoms with van der Waals surface area (Å²) in [5.74, 6) is 1.67. The molecule has 1 fully saturated rings. The number of thioether (sulfide) groups is 1. The van der Waals surface area contributed by atoms with Gasteiger partial charge in [-0.25, -0.2) is 4.98 Å². The molecule has 0 radical (unpaired) electrons. The van der Waals surface area contributed by atoms with Crippen LogP contribution in [0.4, 0.5) is 5.13 Å². The molecule has 0 saturated carbocycles. The summed E-state index contributed by atoms with van der Waals surface area (Å²) in [5.41, 5.74) is 0.891. The van der Waals surface area contributed by atoms with Crippen molar-refractivity contribution in [2.24, 2.45) is 0 Å². The van der Waals surface area contributed by atoms with E-state index in [0.717, 1.165) is 46.3 Å². The van der Waals surface area contributed by atoms with Crippen molar-refractivity contribution in [2.45, 2.75) is 37.2 Å². The van der Waals surface area contributed by atoms with Crippen LogP contribution in [0.5, 0.6) is 5.75 Å². The number of benzene rings is 2. The molecule has 0 spiro atoms. The molecular formula is C23H26N2O3S2. The molecule has 3 aromatic rings. The highest BCUT2D eigenvalue weighted by Gasteiger charge is 2.26. The zero-order chi connectivity index (χ0) is 20.8. The minimum absolute atomic E-state index is 0.0849. The number of amides is 1. The lowest BCUT2D eigenvalue weighted by Gasteiger charge is -2.23. The minimum Gasteiger partial charge on any atom is -0.494 e. The number of nitrogens with zero attached hydrogens (tertiary/aromatic N) is 2. The Morgan fingerprint density at radius 2 is 2.17 bits per heavy atom. The molecule has 1 aromatic heterocycles. The number of fused-ring (bicyclic) bond motifs is 1. The Labute approximate surface area is 185 Å². The van der Waals surface area contributed by atoms with Crippen molar-refractivity contribution in [1.29, 1.82) is 0 Å². The molecule has 30 heavy (non-hydrogen) atoms. The SMILES string of the molecule is CCOc1ccc2nc(N(CC3CCCO3)C(=O)CCSc3ccccc3)sc2c1. The predicted molar refractivity (Wildman–Crippen MR) is 124 cm³/mol. The van der Waals surface area contributed by atoms with Crippen LogP contribution in [0.2, 0.25) is 0 Å². The van der Waals surface area contributed by atoms with Gasteiger partial charge in [0, 0.05) is 23.7 Å². The third-order valence-corrected chi connectivity index (χ3v) is 6.98. The van der Waals surface area contributed by atoms with E-state index in [1.165, 1.54) is 16.2 Å². The van der Waals surface area contributed by atoms with Gasteiger partial charge in [0.05, 0.1) is 29.5 Å². The summed E-state index contributed by atoms with van der Waals surface area (Å²) in [6.07, 6.45) is 2.59. The molecule has 1 amide bonds. The zero-order valence-corrected chi connectivity index (χ0v) is 18.7. The molecule has 1 aliphatic heterocycles. The highest BCUT2D eigenvalue weighted by molar-refractivity contribution is 7.99. The van der Waals surface area contributed by atoms with Crippen LogP contribution in [0, 0.1) is 0 Å². The number of hydrogen-bond donors (Lipinski definition) is 0. The van der Waals surface area contributed by atoms with Crippen molar-refractivity contribution in [3.05, 3.63) is 48.5 Å². The predicted octanol–water partition coefficient (Wildman–Crippen LogP) is 5.39. The summed E-state index contributed by atoms with van der Waals surface area (Å²) in [5, 5.41) is 0.740. The van der Waals surface area contributed by atoms with Gasteiger partial charge in [-0.05, 0) is 50.1 Å². The third-order valence-electron chi connectivity index (χ3n) is 4.93. The van der Waals surface area contributed by atoms with Crippen LogP contribution in [-0.4, -0.2) is 42.5 Å². The van der Waals surface area contributed by atoms with Crippen molar-refractivity contribution < 1.29 is 14.3 Å². The molecule has 7 heteroatoms. The summed E-state index contributed by atoms with van der Waals surface area (Å²) in [4.78, 5) is 20.9. The normalized spacial score (nSPS) is 16.1. The number of anilines is 1. The number of rotatable bonds is 9. The lowest BCUT2D eigenvalue weighted by atomic mass is 10.2. The lowest BCUT2D eigenvalue weighted by molar-refractivity contribution is -0.118. The lowest BCUT2D eigenvalue weighted by Crippen LogP contribution is -2.37. The van der Waals surface area contributed by atoms with E-state index in [4.69, 9.17) is 14.5 Å². The van der Waals surface area contributed by atoms with Gasteiger partial charge in [0.25, 0.3) is 0 Å². The Kier molecular flexibility index (Phi) is 7.25. The van der Waals surface area contributed by atoms with E-state index in [9.17, 15) is 4.79 Å². The third kappa shape index (κ3) is 5.33. The Bertz CT molecular complexity index is 971. The van der Waals surface area contributed by atoms with E-state index in [2.05, 4.69) is 12.1 Å². The van der Waals surface area contributed by atoms with E-state index in [1.807, 2.05) is 48.2 Å². The maximum absolute atomic E-state index is 13.2. The molecule has 2 aromatic carbocycles. The zero-order valence-electron chi connectivity index (χ0n) is 17.1. The van der Waals surface area contributed by atoms with Crippen molar-refractivity contribution >= 4 is 44.4 Å². The summed E-state index contributed by atoms with van der Waals surface area (Å²) in [6.45, 7) is 3.93. The molecule has 1 atom stereocenters. The van der Waals surface area contributed by atoms with E-state index in [0.29, 0.717) is 19.6 Å². The summed E-state index contributed by atoms with van der Waals surface area (Å²) < 4.78 is 12.4. The Hall–Kier alpha value is -2.09. The molecule has 0 bridgehead atoms. The second-order valence-corrected chi connectivity index (χ2v) is 9.29. The van der Waals surface area contributed by atoms with Crippen molar-refractivity contribution in [2.75, 3.05) is 30.4 Å². The number of hydrogen-bond acceptors (Lipinski definition) is 6. The minimum atomic E-state index is 0.0849. The van der Waals surface area contributed by atoms with E-state index in [-0.39, 0.29) is 12.0 Å². The van der Waals surface area contributed by atoms with Crippen LogP contribution in [0.1, 0.15) is 26.2 Å². The molecule has 5 nitrogen and oxygen atoms in total. The number of carbonyl (C=O) groups excluding carboxylic acids is 1. The first-order chi connectivity index (χ1) is 14.7. The van der Waals surface area contributed by atoms with Gasteiger partial charge in [-0.2, -0.15) is 0 Å². The average molecular weight is 443 g/mol. The standard InChI is InChI=1S/C23H26N2O3S2/c1-2-27-17-10-11-20-21(15-17)30-23(24-20)25(16-18-7-6-13-28-18)22(26)12-14-29-19-8-4-3-5-9-19/h3-5,8-11,15,18H,2,6-7,12-14,16H2,1H3. The van der Waals surface area contributed by atoms with Crippen LogP contribution in [-0.2, 0) is 9.53 Å². The largest absolute Gasteiger partial charge is 0.494 e. The summed E-state index contributed by atoms with van der Waals surface area (Å²) >= 11 is 3.24. The van der Waals surface area contributed by atoms with Gasteiger partial charge in [0.1, 0.15) is 5.75 Å². The first-order valence-electron chi connectivity index (χ1n) is 10.4. The number of thiazole rings is 1. The quantitative estimate of drug-likeness (QED) is 0.416. The Balaban J connectivity index is 1.49. The van der Waals surface area contributed by atoms with Crippen molar-refractivity contribution in [3.8, 4) is 5.75 Å². The van der Waals surface area contributed by atoms with Gasteiger partial charge in [-0.1, -0.05) is 29.5 Å². The maximum Gasteiger partial charge on any atom is 0.229 e. The first kappa shape index (κ1) is 21.2. The van der Waals surface area contributed by atoms with Gasteiger partial charge in [-0.3, -0.25) is 9.69 Å². The van der Waals surface area contributed by atoms with Crippen LogP contribution in [0.25, 0.3) is 10.2 Å². The van der Waals surface area contributed by atoms with Gasteiger partial charge in [-0.15, -0.1) is 11.8 Å². The van der Waals surface area contributed by atoms with Gasteiger partial charge in [0.15, 0.2) is 5.13 Å². The monoisotopic (exact) mass is 442 g/mol. The molecule has 0 aliphatic carbocycles. The maximum atomic E-state index is 13.2. The molecule has 0 N–H and O–H groups in total. The highest BCUT2D eigenvalue weighted by atomic mass is 32.2. The van der Waals surface area contributed by atoms with Crippen LogP contribution < -0.4 is 9.64 Å². The van der Waals surface area contributed by atoms with Crippen LogP contribution in [0.15, 0.2) is 53.4 Å². The molecule has 1 unspecified atom stereocenters. The molecule has 2 heterocycles. The fourth-order valence-electron chi connectivity index (χ4n) is 3.45. The Morgan fingerprint density at radius 3 is 2.93 bits per heavy atom. The van der Waals surface area contributed by atoms with E-state index in [1.54, 1.807) is 11.8 Å². The number of carbonyl (C=O) groups is 1. The van der Waals surface area contributed by atoms with Gasteiger partial charge >= 0.3 is 0 Å². The second kappa shape index (κ2) is 10.3. The number of aromatic nitrogens is 1. The van der Waals surface area contributed by atoms with Gasteiger partial charge in [0.2, 0.25) is 5.91 Å². The average Bonchev–Trinajstić information content (AvgIpc) is 3.42. The topological polar surface area (TPSA) is 51.7 Å². The highest BCUT2D eigenvalue weighted by Crippen LogP contribution is 2.33. The molecular weight excluding hydrogens is 416 g/mol. The molecule has 1 aliphatic rings. The Morgan fingerprint density at radius 1 is 1.30 bits per heavy atom. The second-order valence-electron chi connectivity index (χ2n) is 7.11. The molecule has 1 saturated heterocycles. The first-order valence-corrected chi connectivity index (χ1v) is 12.2. The van der Waals surface area contributed by atoms with E-state index < -0.39 is 0 Å². The van der Waals surface area contributed by atoms with Crippen LogP contribution >= 0.6 is 23.1 Å². The molecule has 4 rings (SSSR count). The molecule has 158 valence electrons. The summed E-state index contributed by atoms with van der Waals surface area (Å²) in [7, 11) is 0. The van der Waals surface area contributed by atoms with Crippen molar-refractivity contribution in [3.63, 3.8) is 0 Å². The van der Waals surface area contributed by atoms with Crippen molar-refractivity contribution in [1.82, 2.24) is 4.98 Å². The van der Waals surface area contributed by atoms with Crippen LogP contribution in [0.3, 0.4) is 0 Å². The van der Waals surface area contributed by atoms with Gasteiger partial charge < -0.3 is 9.47 Å². The smallest absolute Gasteiger partial charge is 0.229 e. The number of ether oxygens (including phenoxy) is 2. The fourth-order valence-corrected chi connectivity index (χ4v) is 5.33. The van der Waals surface area contributed by atoms with E-state index >= 15 is 0 Å². The summed E-state index contributed by atoms with van der Waals surface area (Å²) in [6, 6.07) is 16.1. The fraction of sp³-hybridized carbons (Fsp3) is 0.391.